The van der Waals surface area contributed by atoms with E-state index in [1.54, 1.807) is 0 Å². The number of carbonyl (C=O) groups excluding carboxylic acids is 1. The van der Waals surface area contributed by atoms with Gasteiger partial charge >= 0.3 is 0 Å². The predicted molar refractivity (Wildman–Crippen MR) is 138 cm³/mol. The van der Waals surface area contributed by atoms with Crippen LogP contribution in [0.2, 0.25) is 0 Å². The van der Waals surface area contributed by atoms with Crippen molar-refractivity contribution in [3.8, 4) is 0 Å². The highest BCUT2D eigenvalue weighted by Gasteiger charge is 2.29. The number of ketones is 1. The first-order valence-electron chi connectivity index (χ1n) is 12.6. The molecule has 2 aromatic rings. The fraction of sp³-hybridized carbons (Fsp3) is 0.500. The van der Waals surface area contributed by atoms with Gasteiger partial charge in [0.05, 0.1) is 6.54 Å². The SMILES string of the molecule is CN1CCN(c2nc(NC3=NCC(C4CC4)=C3)nc(Sc3ccc(CC(=O)C4CC4)cc3)n2)CC1. The summed E-state index contributed by atoms with van der Waals surface area (Å²) in [6, 6.07) is 8.19. The number of nitrogens with one attached hydrogen (secondary N) is 1. The van der Waals surface area contributed by atoms with Crippen LogP contribution in [-0.4, -0.2) is 71.2 Å². The van der Waals surface area contributed by atoms with Crippen LogP contribution in [0.25, 0.3) is 0 Å². The Bertz CT molecular complexity index is 1160. The van der Waals surface area contributed by atoms with Crippen molar-refractivity contribution < 1.29 is 4.79 Å². The summed E-state index contributed by atoms with van der Waals surface area (Å²) < 4.78 is 0. The van der Waals surface area contributed by atoms with Gasteiger partial charge in [0.25, 0.3) is 0 Å². The van der Waals surface area contributed by atoms with Crippen molar-refractivity contribution in [1.82, 2.24) is 19.9 Å². The van der Waals surface area contributed by atoms with Crippen LogP contribution in [-0.2, 0) is 11.2 Å². The van der Waals surface area contributed by atoms with Crippen LogP contribution in [0, 0.1) is 11.8 Å². The zero-order valence-electron chi connectivity index (χ0n) is 20.1. The number of benzene rings is 1. The molecule has 4 aliphatic rings. The van der Waals surface area contributed by atoms with Gasteiger partial charge in [-0.25, -0.2) is 0 Å². The quantitative estimate of drug-likeness (QED) is 0.603. The number of carbonyl (C=O) groups is 1. The zero-order valence-corrected chi connectivity index (χ0v) is 20.9. The minimum Gasteiger partial charge on any atom is -0.338 e. The van der Waals surface area contributed by atoms with Gasteiger partial charge in [0.15, 0.2) is 5.16 Å². The maximum Gasteiger partial charge on any atom is 0.234 e. The molecule has 182 valence electrons. The van der Waals surface area contributed by atoms with Gasteiger partial charge in [0.1, 0.15) is 11.6 Å². The third-order valence-electron chi connectivity index (χ3n) is 7.03. The summed E-state index contributed by atoms with van der Waals surface area (Å²) in [6.07, 6.45) is 7.36. The van der Waals surface area contributed by atoms with E-state index in [1.807, 2.05) is 12.1 Å². The van der Waals surface area contributed by atoms with Crippen molar-refractivity contribution in [2.75, 3.05) is 50.0 Å². The largest absolute Gasteiger partial charge is 0.338 e. The maximum atomic E-state index is 12.1. The highest BCUT2D eigenvalue weighted by atomic mass is 32.2. The summed E-state index contributed by atoms with van der Waals surface area (Å²) in [5, 5.41) is 3.99. The van der Waals surface area contributed by atoms with Crippen LogP contribution < -0.4 is 10.2 Å². The fourth-order valence-electron chi connectivity index (χ4n) is 4.46. The first-order valence-corrected chi connectivity index (χ1v) is 13.4. The first kappa shape index (κ1) is 22.7. The molecule has 9 heteroatoms. The standard InChI is InChI=1S/C26H31N7OS/c1-32-10-12-33(13-11-32)25-29-24(28-23-15-20(16-27-23)18-4-5-18)30-26(31-25)35-21-8-2-17(3-9-21)14-22(34)19-6-7-19/h2-3,8-9,15,18-19H,4-7,10-14,16H2,1H3,(H,27,28,29,30,31). The third-order valence-corrected chi connectivity index (χ3v) is 7.90. The Morgan fingerprint density at radius 3 is 2.51 bits per heavy atom. The number of amidine groups is 1. The van der Waals surface area contributed by atoms with Gasteiger partial charge in [-0.05, 0) is 79.8 Å². The lowest BCUT2D eigenvalue weighted by atomic mass is 10.1. The van der Waals surface area contributed by atoms with Crippen LogP contribution in [0.5, 0.6) is 0 Å². The summed E-state index contributed by atoms with van der Waals surface area (Å²) in [5.74, 6) is 3.45. The molecule has 1 aromatic heterocycles. The molecule has 2 aliphatic heterocycles. The van der Waals surface area contributed by atoms with Gasteiger partial charge in [-0.3, -0.25) is 9.79 Å². The van der Waals surface area contributed by atoms with Gasteiger partial charge in [-0.1, -0.05) is 12.1 Å². The van der Waals surface area contributed by atoms with Crippen molar-refractivity contribution in [2.24, 2.45) is 16.8 Å². The second kappa shape index (κ2) is 9.70. The van der Waals surface area contributed by atoms with E-state index >= 15 is 0 Å². The number of aromatic nitrogens is 3. The maximum absolute atomic E-state index is 12.1. The van der Waals surface area contributed by atoms with E-state index in [9.17, 15) is 4.79 Å². The van der Waals surface area contributed by atoms with Crippen LogP contribution in [0.15, 0.2) is 51.0 Å². The fourth-order valence-corrected chi connectivity index (χ4v) is 5.20. The number of hydrogen-bond donors (Lipinski definition) is 1. The summed E-state index contributed by atoms with van der Waals surface area (Å²) in [5.41, 5.74) is 2.48. The number of rotatable bonds is 8. The molecule has 1 N–H and O–H groups in total. The third kappa shape index (κ3) is 5.73. The smallest absolute Gasteiger partial charge is 0.234 e. The molecule has 3 heterocycles. The molecule has 35 heavy (non-hydrogen) atoms. The Morgan fingerprint density at radius 2 is 1.80 bits per heavy atom. The monoisotopic (exact) mass is 489 g/mol. The molecule has 0 unspecified atom stereocenters. The summed E-state index contributed by atoms with van der Waals surface area (Å²) in [7, 11) is 2.14. The molecule has 2 aliphatic carbocycles. The number of nitrogens with zero attached hydrogens (tertiary/aromatic N) is 6. The van der Waals surface area contributed by atoms with Crippen molar-refractivity contribution in [3.05, 3.63) is 41.5 Å². The molecule has 0 radical (unpaired) electrons. The Labute approximate surface area is 210 Å². The molecule has 0 bridgehead atoms. The van der Waals surface area contributed by atoms with Crippen LogP contribution in [0.4, 0.5) is 11.9 Å². The molecule has 1 aromatic carbocycles. The first-order chi connectivity index (χ1) is 17.1. The Hall–Kier alpha value is -2.78. The van der Waals surface area contributed by atoms with E-state index in [4.69, 9.17) is 15.0 Å². The van der Waals surface area contributed by atoms with E-state index < -0.39 is 0 Å². The lowest BCUT2D eigenvalue weighted by Crippen LogP contribution is -2.45. The number of likely N-dealkylation sites (N-methyl/N-ethyl adjacent to an activating group) is 1. The van der Waals surface area contributed by atoms with Gasteiger partial charge < -0.3 is 15.1 Å². The lowest BCUT2D eigenvalue weighted by Gasteiger charge is -2.32. The summed E-state index contributed by atoms with van der Waals surface area (Å²) >= 11 is 1.52. The van der Waals surface area contributed by atoms with Crippen LogP contribution >= 0.6 is 11.8 Å². The highest BCUT2D eigenvalue weighted by Crippen LogP contribution is 2.38. The Balaban J connectivity index is 1.20. The lowest BCUT2D eigenvalue weighted by molar-refractivity contribution is -0.119. The van der Waals surface area contributed by atoms with E-state index in [2.05, 4.69) is 45.4 Å². The molecule has 0 atom stereocenters. The number of piperazine rings is 1. The number of anilines is 2. The normalized spacial score (nSPS) is 20.5. The average Bonchev–Trinajstić information content (AvgIpc) is 3.79. The Kier molecular flexibility index (Phi) is 6.28. The van der Waals surface area contributed by atoms with Crippen LogP contribution in [0.3, 0.4) is 0 Å². The van der Waals surface area contributed by atoms with Gasteiger partial charge in [0, 0.05) is 43.4 Å². The molecule has 0 spiro atoms. The number of hydrogen-bond acceptors (Lipinski definition) is 9. The topological polar surface area (TPSA) is 86.6 Å². The Morgan fingerprint density at radius 1 is 1.03 bits per heavy atom. The second-order valence-electron chi connectivity index (χ2n) is 10.0. The van der Waals surface area contributed by atoms with Crippen molar-refractivity contribution in [3.63, 3.8) is 0 Å². The molecule has 1 saturated heterocycles. The van der Waals surface area contributed by atoms with Crippen LogP contribution in [0.1, 0.15) is 31.2 Å². The molecule has 2 saturated carbocycles. The highest BCUT2D eigenvalue weighted by molar-refractivity contribution is 7.99. The van der Waals surface area contributed by atoms with Crippen molar-refractivity contribution in [2.45, 2.75) is 42.2 Å². The molecule has 8 nitrogen and oxygen atoms in total. The number of aliphatic imine (C=N–C) groups is 1. The van der Waals surface area contributed by atoms with E-state index in [0.717, 1.165) is 61.9 Å². The second-order valence-corrected chi connectivity index (χ2v) is 11.1. The predicted octanol–water partition coefficient (Wildman–Crippen LogP) is 3.46. The van der Waals surface area contributed by atoms with Gasteiger partial charge in [0.2, 0.25) is 11.9 Å². The van der Waals surface area contributed by atoms with Gasteiger partial charge in [-0.2, -0.15) is 15.0 Å². The molecule has 0 amide bonds. The van der Waals surface area contributed by atoms with Gasteiger partial charge in [-0.15, -0.1) is 0 Å². The van der Waals surface area contributed by atoms with E-state index in [1.165, 1.54) is 30.2 Å². The van der Waals surface area contributed by atoms with E-state index in [0.29, 0.717) is 41.1 Å². The molecule has 3 fully saturated rings. The molecular formula is C26H31N7OS. The molecular weight excluding hydrogens is 458 g/mol. The zero-order chi connectivity index (χ0) is 23.8. The minimum atomic E-state index is 0.299. The minimum absolute atomic E-state index is 0.299. The number of Topliss-reactive ketones (excluding diaryl/α,β-unsaturated/α-hetero) is 1. The summed E-state index contributed by atoms with van der Waals surface area (Å²) in [6.45, 7) is 4.53. The molecule has 6 rings (SSSR count). The van der Waals surface area contributed by atoms with Crippen molar-refractivity contribution in [1.29, 1.82) is 0 Å². The average molecular weight is 490 g/mol. The summed E-state index contributed by atoms with van der Waals surface area (Å²) in [4.78, 5) is 36.7. The van der Waals surface area contributed by atoms with E-state index in [-0.39, 0.29) is 0 Å². The van der Waals surface area contributed by atoms with Crippen molar-refractivity contribution >= 4 is 35.3 Å².